The van der Waals surface area contributed by atoms with E-state index in [-0.39, 0.29) is 18.3 Å². The van der Waals surface area contributed by atoms with Gasteiger partial charge in [0.05, 0.1) is 5.69 Å². The van der Waals surface area contributed by atoms with Crippen LogP contribution < -0.4 is 10.1 Å². The molecule has 1 N–H and O–H groups in total. The van der Waals surface area contributed by atoms with Gasteiger partial charge in [-0.25, -0.2) is 9.37 Å². The molecule has 144 valence electrons. The van der Waals surface area contributed by atoms with E-state index in [1.54, 1.807) is 0 Å². The predicted molar refractivity (Wildman–Crippen MR) is 114 cm³/mol. The Morgan fingerprint density at radius 2 is 1.55 bits per heavy atom. The number of carbonyl (C=O) groups excluding carboxylic acids is 1. The Balaban J connectivity index is 1.36. The summed E-state index contributed by atoms with van der Waals surface area (Å²) in [6.45, 7) is -0.174. The van der Waals surface area contributed by atoms with Gasteiger partial charge in [-0.1, -0.05) is 54.6 Å². The van der Waals surface area contributed by atoms with Crippen molar-refractivity contribution in [2.45, 2.75) is 0 Å². The fourth-order valence-corrected chi connectivity index (χ4v) is 3.50. The number of carbonyl (C=O) groups is 1. The number of rotatable bonds is 6. The molecular weight excluding hydrogens is 387 g/mol. The van der Waals surface area contributed by atoms with Gasteiger partial charge in [-0.3, -0.25) is 10.1 Å². The van der Waals surface area contributed by atoms with Crippen LogP contribution in [0.25, 0.3) is 22.4 Å². The number of ether oxygens (including phenoxy) is 1. The normalized spacial score (nSPS) is 10.5. The molecule has 1 aromatic heterocycles. The lowest BCUT2D eigenvalue weighted by molar-refractivity contribution is -0.118. The van der Waals surface area contributed by atoms with Crippen molar-refractivity contribution >= 4 is 22.4 Å². The number of benzene rings is 3. The molecule has 4 aromatic rings. The molecule has 0 bridgehead atoms. The molecule has 0 spiro atoms. The number of anilines is 1. The molecule has 6 heteroatoms. The summed E-state index contributed by atoms with van der Waals surface area (Å²) >= 11 is 1.35. The fraction of sp³-hybridized carbons (Fsp3) is 0.0435. The Morgan fingerprint density at radius 3 is 2.28 bits per heavy atom. The van der Waals surface area contributed by atoms with Crippen molar-refractivity contribution in [1.82, 2.24) is 4.98 Å². The number of hydrogen-bond donors (Lipinski definition) is 1. The summed E-state index contributed by atoms with van der Waals surface area (Å²) in [7, 11) is 0. The van der Waals surface area contributed by atoms with E-state index in [2.05, 4.69) is 34.6 Å². The lowest BCUT2D eigenvalue weighted by atomic mass is 10.0. The first kappa shape index (κ1) is 18.8. The maximum absolute atomic E-state index is 12.9. The van der Waals surface area contributed by atoms with Gasteiger partial charge in [0, 0.05) is 10.9 Å². The highest BCUT2D eigenvalue weighted by molar-refractivity contribution is 7.14. The average Bonchev–Trinajstić information content (AvgIpc) is 3.22. The van der Waals surface area contributed by atoms with Gasteiger partial charge < -0.3 is 4.74 Å². The van der Waals surface area contributed by atoms with Crippen molar-refractivity contribution in [3.8, 4) is 28.1 Å². The van der Waals surface area contributed by atoms with Crippen molar-refractivity contribution in [2.75, 3.05) is 11.9 Å². The Kier molecular flexibility index (Phi) is 5.63. The molecule has 0 radical (unpaired) electrons. The van der Waals surface area contributed by atoms with Crippen LogP contribution in [-0.2, 0) is 4.79 Å². The first-order chi connectivity index (χ1) is 14.2. The van der Waals surface area contributed by atoms with E-state index in [4.69, 9.17) is 4.74 Å². The van der Waals surface area contributed by atoms with E-state index < -0.39 is 0 Å². The smallest absolute Gasteiger partial charge is 0.264 e. The summed E-state index contributed by atoms with van der Waals surface area (Å²) in [6.07, 6.45) is 0. The SMILES string of the molecule is O=C(COc1ccc(F)cc1)Nc1nc(-c2ccc(-c3ccccc3)cc2)cs1. The van der Waals surface area contributed by atoms with Gasteiger partial charge in [0.15, 0.2) is 11.7 Å². The highest BCUT2D eigenvalue weighted by Crippen LogP contribution is 2.27. The summed E-state index contributed by atoms with van der Waals surface area (Å²) in [5, 5.41) is 5.12. The number of nitrogens with zero attached hydrogens (tertiary/aromatic N) is 1. The van der Waals surface area contributed by atoms with Gasteiger partial charge in [-0.05, 0) is 35.4 Å². The minimum absolute atomic E-state index is 0.174. The second kappa shape index (κ2) is 8.67. The van der Waals surface area contributed by atoms with Crippen molar-refractivity contribution in [1.29, 1.82) is 0 Å². The van der Waals surface area contributed by atoms with E-state index in [0.29, 0.717) is 10.9 Å². The zero-order valence-electron chi connectivity index (χ0n) is 15.3. The third-order valence-corrected chi connectivity index (χ3v) is 4.98. The lowest BCUT2D eigenvalue weighted by Gasteiger charge is -2.05. The van der Waals surface area contributed by atoms with Crippen molar-refractivity contribution in [3.05, 3.63) is 90.1 Å². The molecule has 4 nitrogen and oxygen atoms in total. The lowest BCUT2D eigenvalue weighted by Crippen LogP contribution is -2.20. The number of nitrogens with one attached hydrogen (secondary N) is 1. The van der Waals surface area contributed by atoms with Crippen LogP contribution in [-0.4, -0.2) is 17.5 Å². The van der Waals surface area contributed by atoms with Crippen LogP contribution in [0.2, 0.25) is 0 Å². The van der Waals surface area contributed by atoms with Crippen LogP contribution in [0.15, 0.2) is 84.2 Å². The molecule has 0 atom stereocenters. The van der Waals surface area contributed by atoms with Crippen molar-refractivity contribution < 1.29 is 13.9 Å². The number of thiazole rings is 1. The van der Waals surface area contributed by atoms with Gasteiger partial charge in [0.25, 0.3) is 5.91 Å². The van der Waals surface area contributed by atoms with E-state index in [9.17, 15) is 9.18 Å². The molecule has 0 aliphatic carbocycles. The van der Waals surface area contributed by atoms with Crippen LogP contribution in [0.3, 0.4) is 0 Å². The zero-order chi connectivity index (χ0) is 20.1. The van der Waals surface area contributed by atoms with Crippen LogP contribution in [0.4, 0.5) is 9.52 Å². The molecule has 0 aliphatic rings. The summed E-state index contributed by atoms with van der Waals surface area (Å²) in [5.41, 5.74) is 4.07. The first-order valence-electron chi connectivity index (χ1n) is 8.97. The van der Waals surface area contributed by atoms with E-state index in [1.165, 1.54) is 35.6 Å². The minimum atomic E-state index is -0.353. The minimum Gasteiger partial charge on any atom is -0.484 e. The molecule has 29 heavy (non-hydrogen) atoms. The maximum atomic E-state index is 12.9. The summed E-state index contributed by atoms with van der Waals surface area (Å²) in [4.78, 5) is 16.5. The molecule has 3 aromatic carbocycles. The number of amides is 1. The third kappa shape index (κ3) is 4.86. The van der Waals surface area contributed by atoms with Crippen LogP contribution in [0.5, 0.6) is 5.75 Å². The Morgan fingerprint density at radius 1 is 0.897 bits per heavy atom. The van der Waals surface area contributed by atoms with Gasteiger partial charge in [0.1, 0.15) is 11.6 Å². The molecular formula is C23H17FN2O2S. The molecule has 1 amide bonds. The fourth-order valence-electron chi connectivity index (χ4n) is 2.76. The molecule has 0 unspecified atom stereocenters. The van der Waals surface area contributed by atoms with Crippen molar-refractivity contribution in [3.63, 3.8) is 0 Å². The highest BCUT2D eigenvalue weighted by Gasteiger charge is 2.09. The molecule has 0 aliphatic heterocycles. The third-order valence-electron chi connectivity index (χ3n) is 4.22. The number of aromatic nitrogens is 1. The molecule has 0 saturated carbocycles. The Labute approximate surface area is 171 Å². The molecule has 1 heterocycles. The quantitative estimate of drug-likeness (QED) is 0.453. The largest absolute Gasteiger partial charge is 0.484 e. The highest BCUT2D eigenvalue weighted by atomic mass is 32.1. The van der Waals surface area contributed by atoms with Crippen LogP contribution in [0, 0.1) is 5.82 Å². The van der Waals surface area contributed by atoms with Crippen LogP contribution >= 0.6 is 11.3 Å². The zero-order valence-corrected chi connectivity index (χ0v) is 16.2. The summed E-state index contributed by atoms with van der Waals surface area (Å²) in [6, 6.07) is 23.8. The summed E-state index contributed by atoms with van der Waals surface area (Å²) < 4.78 is 18.2. The molecule has 0 fully saturated rings. The van der Waals surface area contributed by atoms with E-state index in [0.717, 1.165) is 22.4 Å². The van der Waals surface area contributed by atoms with Gasteiger partial charge in [-0.15, -0.1) is 11.3 Å². The summed E-state index contributed by atoms with van der Waals surface area (Å²) in [5.74, 6) is -0.247. The van der Waals surface area contributed by atoms with E-state index in [1.807, 2.05) is 35.7 Å². The van der Waals surface area contributed by atoms with Crippen LogP contribution in [0.1, 0.15) is 0 Å². The average molecular weight is 404 g/mol. The van der Waals surface area contributed by atoms with E-state index >= 15 is 0 Å². The molecule has 0 saturated heterocycles. The standard InChI is InChI=1S/C23H17FN2O2S/c24-19-10-12-20(13-11-19)28-14-22(27)26-23-25-21(15-29-23)18-8-6-17(7-9-18)16-4-2-1-3-5-16/h1-13,15H,14H2,(H,25,26,27). The van der Waals surface area contributed by atoms with Crippen molar-refractivity contribution in [2.24, 2.45) is 0 Å². The number of halogens is 1. The predicted octanol–water partition coefficient (Wildman–Crippen LogP) is 5.63. The maximum Gasteiger partial charge on any atom is 0.264 e. The first-order valence-corrected chi connectivity index (χ1v) is 9.85. The topological polar surface area (TPSA) is 51.2 Å². The number of hydrogen-bond acceptors (Lipinski definition) is 4. The van der Waals surface area contributed by atoms with Gasteiger partial charge >= 0.3 is 0 Å². The Bertz CT molecular complexity index is 1090. The van der Waals surface area contributed by atoms with Gasteiger partial charge in [-0.2, -0.15) is 0 Å². The second-order valence-electron chi connectivity index (χ2n) is 6.27. The molecule has 4 rings (SSSR count). The van der Waals surface area contributed by atoms with Gasteiger partial charge in [0.2, 0.25) is 0 Å². The Hall–Kier alpha value is -3.51. The monoisotopic (exact) mass is 404 g/mol. The second-order valence-corrected chi connectivity index (χ2v) is 7.13.